The molecule has 1 unspecified atom stereocenters. The molecule has 1 aliphatic rings. The maximum absolute atomic E-state index is 12.7. The van der Waals surface area contributed by atoms with Crippen molar-refractivity contribution in [2.45, 2.75) is 57.2 Å². The van der Waals surface area contributed by atoms with E-state index in [1.54, 1.807) is 11.3 Å². The predicted molar refractivity (Wildman–Crippen MR) is 133 cm³/mol. The number of benzene rings is 1. The third-order valence-electron chi connectivity index (χ3n) is 6.11. The van der Waals surface area contributed by atoms with Gasteiger partial charge in [0.2, 0.25) is 5.91 Å². The summed E-state index contributed by atoms with van der Waals surface area (Å²) in [6.45, 7) is 8.83. The number of amides is 1. The van der Waals surface area contributed by atoms with E-state index < -0.39 is 0 Å². The SMILES string of the molecule is Cc1sc2nc(CSC(C)C(=O)NC3CCN(Cc4ccccc4)CC3)[nH]c(=O)c2c1C. The van der Waals surface area contributed by atoms with Gasteiger partial charge in [0.05, 0.1) is 16.4 Å². The lowest BCUT2D eigenvalue weighted by atomic mass is 10.0. The Bertz CT molecular complexity index is 1130. The highest BCUT2D eigenvalue weighted by atomic mass is 32.2. The Morgan fingerprint density at radius 2 is 2.00 bits per heavy atom. The van der Waals surface area contributed by atoms with E-state index in [0.29, 0.717) is 17.0 Å². The Morgan fingerprint density at radius 1 is 1.28 bits per heavy atom. The van der Waals surface area contributed by atoms with Crippen molar-refractivity contribution in [1.29, 1.82) is 0 Å². The van der Waals surface area contributed by atoms with Gasteiger partial charge < -0.3 is 10.3 Å². The molecule has 1 fully saturated rings. The lowest BCUT2D eigenvalue weighted by molar-refractivity contribution is -0.121. The Balaban J connectivity index is 1.25. The molecule has 8 heteroatoms. The third-order valence-corrected chi connectivity index (χ3v) is 8.37. The van der Waals surface area contributed by atoms with Gasteiger partial charge >= 0.3 is 0 Å². The Kier molecular flexibility index (Phi) is 7.33. The van der Waals surface area contributed by atoms with Gasteiger partial charge in [-0.25, -0.2) is 4.98 Å². The number of aryl methyl sites for hydroxylation is 2. The molecular weight excluding hydrogens is 440 g/mol. The van der Waals surface area contributed by atoms with Crippen LogP contribution in [-0.4, -0.2) is 45.2 Å². The van der Waals surface area contributed by atoms with Crippen LogP contribution in [0.3, 0.4) is 0 Å². The zero-order valence-corrected chi connectivity index (χ0v) is 20.4. The van der Waals surface area contributed by atoms with Gasteiger partial charge in [-0.05, 0) is 44.7 Å². The number of fused-ring (bicyclic) bond motifs is 1. The van der Waals surface area contributed by atoms with Crippen molar-refractivity contribution < 1.29 is 4.79 Å². The van der Waals surface area contributed by atoms with Crippen molar-refractivity contribution in [2.24, 2.45) is 0 Å². The van der Waals surface area contributed by atoms with E-state index >= 15 is 0 Å². The van der Waals surface area contributed by atoms with Gasteiger partial charge in [0.1, 0.15) is 10.7 Å². The zero-order valence-electron chi connectivity index (χ0n) is 18.8. The largest absolute Gasteiger partial charge is 0.352 e. The fourth-order valence-corrected chi connectivity index (χ4v) is 5.86. The molecule has 3 aromatic rings. The van der Waals surface area contributed by atoms with Gasteiger partial charge in [0, 0.05) is 30.6 Å². The van der Waals surface area contributed by atoms with Crippen LogP contribution in [-0.2, 0) is 17.1 Å². The van der Waals surface area contributed by atoms with E-state index in [0.717, 1.165) is 47.7 Å². The normalized spacial score (nSPS) is 16.3. The van der Waals surface area contributed by atoms with Crippen LogP contribution >= 0.6 is 23.1 Å². The first kappa shape index (κ1) is 23.0. The minimum absolute atomic E-state index is 0.0581. The average molecular weight is 471 g/mol. The second-order valence-electron chi connectivity index (χ2n) is 8.47. The molecule has 2 N–H and O–H groups in total. The quantitative estimate of drug-likeness (QED) is 0.546. The molecule has 2 aromatic heterocycles. The number of piperidine rings is 1. The van der Waals surface area contributed by atoms with Gasteiger partial charge in [-0.3, -0.25) is 14.5 Å². The summed E-state index contributed by atoms with van der Waals surface area (Å²) in [5, 5.41) is 3.70. The van der Waals surface area contributed by atoms with E-state index in [-0.39, 0.29) is 22.8 Å². The van der Waals surface area contributed by atoms with Crippen LogP contribution in [0.15, 0.2) is 35.1 Å². The summed E-state index contributed by atoms with van der Waals surface area (Å²) in [7, 11) is 0. The number of aromatic amines is 1. The molecule has 1 amide bonds. The smallest absolute Gasteiger partial charge is 0.259 e. The molecule has 1 saturated heterocycles. The van der Waals surface area contributed by atoms with Gasteiger partial charge in [-0.2, -0.15) is 0 Å². The number of thioether (sulfide) groups is 1. The van der Waals surface area contributed by atoms with Crippen LogP contribution in [0.2, 0.25) is 0 Å². The average Bonchev–Trinajstić information content (AvgIpc) is 3.07. The highest BCUT2D eigenvalue weighted by molar-refractivity contribution is 7.99. The second kappa shape index (κ2) is 10.2. The van der Waals surface area contributed by atoms with Crippen LogP contribution < -0.4 is 10.9 Å². The van der Waals surface area contributed by atoms with E-state index in [1.165, 1.54) is 17.3 Å². The molecule has 3 heterocycles. The number of hydrogen-bond donors (Lipinski definition) is 2. The lowest BCUT2D eigenvalue weighted by Gasteiger charge is -2.32. The Labute approximate surface area is 196 Å². The van der Waals surface area contributed by atoms with Crippen molar-refractivity contribution in [3.8, 4) is 0 Å². The number of nitrogens with one attached hydrogen (secondary N) is 2. The molecule has 4 rings (SSSR count). The topological polar surface area (TPSA) is 78.1 Å². The molecule has 1 aliphatic heterocycles. The summed E-state index contributed by atoms with van der Waals surface area (Å²) in [4.78, 5) is 37.0. The molecular formula is C24H30N4O2S2. The maximum Gasteiger partial charge on any atom is 0.259 e. The van der Waals surface area contributed by atoms with Crippen molar-refractivity contribution >= 4 is 39.2 Å². The number of rotatable bonds is 7. The monoisotopic (exact) mass is 470 g/mol. The van der Waals surface area contributed by atoms with E-state index in [4.69, 9.17) is 0 Å². The minimum Gasteiger partial charge on any atom is -0.352 e. The third kappa shape index (κ3) is 5.42. The fraction of sp³-hybridized carbons (Fsp3) is 0.458. The highest BCUT2D eigenvalue weighted by Crippen LogP contribution is 2.26. The van der Waals surface area contributed by atoms with Crippen molar-refractivity contribution in [3.63, 3.8) is 0 Å². The first-order valence-corrected chi connectivity index (χ1v) is 12.9. The minimum atomic E-state index is -0.204. The number of carbonyl (C=O) groups excluding carboxylic acids is 1. The predicted octanol–water partition coefficient (Wildman–Crippen LogP) is 4.00. The van der Waals surface area contributed by atoms with Crippen molar-refractivity contribution in [1.82, 2.24) is 20.2 Å². The molecule has 170 valence electrons. The zero-order chi connectivity index (χ0) is 22.7. The van der Waals surface area contributed by atoms with Gasteiger partial charge in [-0.15, -0.1) is 23.1 Å². The standard InChI is InChI=1S/C24H30N4O2S2/c1-15-16(2)32-24-21(15)23(30)26-20(27-24)14-31-17(3)22(29)25-19-9-11-28(12-10-19)13-18-7-5-4-6-8-18/h4-8,17,19H,9-14H2,1-3H3,(H,25,29)(H,26,27,30). The summed E-state index contributed by atoms with van der Waals surface area (Å²) in [6.07, 6.45) is 1.94. The van der Waals surface area contributed by atoms with Crippen LogP contribution in [0, 0.1) is 13.8 Å². The first-order chi connectivity index (χ1) is 15.4. The molecule has 0 spiro atoms. The van der Waals surface area contributed by atoms with Crippen LogP contribution in [0.5, 0.6) is 0 Å². The maximum atomic E-state index is 12.7. The van der Waals surface area contributed by atoms with Gasteiger partial charge in [0.25, 0.3) is 5.56 Å². The molecule has 0 bridgehead atoms. The molecule has 6 nitrogen and oxygen atoms in total. The number of likely N-dealkylation sites (tertiary alicyclic amines) is 1. The Hall–Kier alpha value is -2.16. The van der Waals surface area contributed by atoms with Gasteiger partial charge in [0.15, 0.2) is 0 Å². The summed E-state index contributed by atoms with van der Waals surface area (Å²) < 4.78 is 0. The van der Waals surface area contributed by atoms with Crippen LogP contribution in [0.25, 0.3) is 10.2 Å². The second-order valence-corrected chi connectivity index (χ2v) is 11.0. The van der Waals surface area contributed by atoms with E-state index in [9.17, 15) is 9.59 Å². The number of thiophene rings is 1. The molecule has 32 heavy (non-hydrogen) atoms. The molecule has 0 saturated carbocycles. The molecule has 0 aliphatic carbocycles. The van der Waals surface area contributed by atoms with Gasteiger partial charge in [-0.1, -0.05) is 30.3 Å². The number of carbonyl (C=O) groups is 1. The number of aromatic nitrogens is 2. The highest BCUT2D eigenvalue weighted by Gasteiger charge is 2.23. The molecule has 0 radical (unpaired) electrons. The summed E-state index contributed by atoms with van der Waals surface area (Å²) in [5.74, 6) is 1.19. The summed E-state index contributed by atoms with van der Waals surface area (Å²) in [6, 6.07) is 10.7. The first-order valence-electron chi connectivity index (χ1n) is 11.1. The van der Waals surface area contributed by atoms with Crippen molar-refractivity contribution in [2.75, 3.05) is 13.1 Å². The van der Waals surface area contributed by atoms with Crippen LogP contribution in [0.4, 0.5) is 0 Å². The summed E-state index contributed by atoms with van der Waals surface area (Å²) >= 11 is 3.05. The Morgan fingerprint density at radius 3 is 2.72 bits per heavy atom. The molecule has 1 aromatic carbocycles. The number of H-pyrrole nitrogens is 1. The summed E-state index contributed by atoms with van der Waals surface area (Å²) in [5.41, 5.74) is 2.24. The van der Waals surface area contributed by atoms with Crippen LogP contribution in [0.1, 0.15) is 41.6 Å². The van der Waals surface area contributed by atoms with Crippen molar-refractivity contribution in [3.05, 3.63) is 62.5 Å². The van der Waals surface area contributed by atoms with E-state index in [1.807, 2.05) is 26.8 Å². The number of hydrogen-bond acceptors (Lipinski definition) is 6. The fourth-order valence-electron chi connectivity index (χ4n) is 4.04. The number of nitrogens with zero attached hydrogens (tertiary/aromatic N) is 2. The van der Waals surface area contributed by atoms with E-state index in [2.05, 4.69) is 44.5 Å². The molecule has 1 atom stereocenters. The lowest BCUT2D eigenvalue weighted by Crippen LogP contribution is -2.46.